The molecule has 1 amide bonds. The van der Waals surface area contributed by atoms with Gasteiger partial charge in [-0.1, -0.05) is 18.2 Å². The number of aryl methyl sites for hydroxylation is 1. The van der Waals surface area contributed by atoms with Gasteiger partial charge < -0.3 is 10.6 Å². The van der Waals surface area contributed by atoms with E-state index in [1.807, 2.05) is 31.2 Å². The summed E-state index contributed by atoms with van der Waals surface area (Å²) in [6.07, 6.45) is 3.99. The van der Waals surface area contributed by atoms with Gasteiger partial charge in [0.1, 0.15) is 0 Å². The van der Waals surface area contributed by atoms with Crippen molar-refractivity contribution in [3.05, 3.63) is 29.8 Å². The first-order valence-corrected chi connectivity index (χ1v) is 6.34. The predicted molar refractivity (Wildman–Crippen MR) is 70.1 cm³/mol. The van der Waals surface area contributed by atoms with Crippen molar-refractivity contribution in [1.82, 2.24) is 5.32 Å². The molecule has 1 saturated heterocycles. The third kappa shape index (κ3) is 3.56. The number of anilines is 1. The number of carbonyl (C=O) groups is 1. The Labute approximate surface area is 103 Å². The van der Waals surface area contributed by atoms with E-state index in [2.05, 4.69) is 10.6 Å². The van der Waals surface area contributed by atoms with Gasteiger partial charge >= 0.3 is 0 Å². The fraction of sp³-hybridized carbons (Fsp3) is 0.500. The molecule has 92 valence electrons. The van der Waals surface area contributed by atoms with E-state index in [-0.39, 0.29) is 5.91 Å². The minimum atomic E-state index is 0.119. The highest BCUT2D eigenvalue weighted by Gasteiger charge is 2.15. The van der Waals surface area contributed by atoms with Crippen molar-refractivity contribution in [1.29, 1.82) is 0 Å². The highest BCUT2D eigenvalue weighted by atomic mass is 16.1. The number of rotatable bonds is 4. The van der Waals surface area contributed by atoms with E-state index in [0.717, 1.165) is 24.2 Å². The first-order valence-electron chi connectivity index (χ1n) is 6.34. The third-order valence-electron chi connectivity index (χ3n) is 3.30. The summed E-state index contributed by atoms with van der Waals surface area (Å²) in [4.78, 5) is 11.8. The van der Waals surface area contributed by atoms with Crippen molar-refractivity contribution < 1.29 is 4.79 Å². The van der Waals surface area contributed by atoms with Gasteiger partial charge in [-0.15, -0.1) is 0 Å². The second-order valence-electron chi connectivity index (χ2n) is 4.70. The molecule has 1 fully saturated rings. The number of benzene rings is 1. The van der Waals surface area contributed by atoms with Crippen molar-refractivity contribution in [2.45, 2.75) is 38.6 Å². The maximum atomic E-state index is 11.8. The second-order valence-corrected chi connectivity index (χ2v) is 4.70. The number of nitrogens with one attached hydrogen (secondary N) is 2. The van der Waals surface area contributed by atoms with Crippen LogP contribution in [0.15, 0.2) is 24.3 Å². The zero-order valence-corrected chi connectivity index (χ0v) is 10.3. The standard InChI is InChI=1S/C14H20N2O/c1-11-5-2-3-7-13(11)16-14(17)9-8-12-6-4-10-15-12/h2-3,5,7,12,15H,4,6,8-10H2,1H3,(H,16,17). The van der Waals surface area contributed by atoms with Gasteiger partial charge in [0.25, 0.3) is 0 Å². The Morgan fingerprint density at radius 1 is 1.47 bits per heavy atom. The van der Waals surface area contributed by atoms with Gasteiger partial charge in [0, 0.05) is 18.2 Å². The Balaban J connectivity index is 1.79. The van der Waals surface area contributed by atoms with Gasteiger partial charge in [-0.05, 0) is 44.4 Å². The minimum absolute atomic E-state index is 0.119. The lowest BCUT2D eigenvalue weighted by molar-refractivity contribution is -0.116. The maximum Gasteiger partial charge on any atom is 0.224 e. The Morgan fingerprint density at radius 3 is 3.00 bits per heavy atom. The molecular weight excluding hydrogens is 212 g/mol. The zero-order chi connectivity index (χ0) is 12.1. The number of carbonyl (C=O) groups excluding carboxylic acids is 1. The highest BCUT2D eigenvalue weighted by molar-refractivity contribution is 5.91. The fourth-order valence-electron chi connectivity index (χ4n) is 2.23. The molecule has 3 nitrogen and oxygen atoms in total. The zero-order valence-electron chi connectivity index (χ0n) is 10.3. The fourth-order valence-corrected chi connectivity index (χ4v) is 2.23. The van der Waals surface area contributed by atoms with Crippen molar-refractivity contribution in [2.75, 3.05) is 11.9 Å². The van der Waals surface area contributed by atoms with E-state index in [4.69, 9.17) is 0 Å². The molecule has 17 heavy (non-hydrogen) atoms. The molecule has 0 aliphatic carbocycles. The van der Waals surface area contributed by atoms with Crippen LogP contribution in [0.1, 0.15) is 31.2 Å². The molecule has 1 aliphatic rings. The summed E-state index contributed by atoms with van der Waals surface area (Å²) in [5, 5.41) is 6.37. The summed E-state index contributed by atoms with van der Waals surface area (Å²) in [5.74, 6) is 0.119. The molecule has 1 atom stereocenters. The molecule has 1 aliphatic heterocycles. The van der Waals surface area contributed by atoms with Crippen molar-refractivity contribution in [3.63, 3.8) is 0 Å². The molecule has 1 aromatic carbocycles. The van der Waals surface area contributed by atoms with Gasteiger partial charge in [0.15, 0.2) is 0 Å². The van der Waals surface area contributed by atoms with Crippen LogP contribution < -0.4 is 10.6 Å². The van der Waals surface area contributed by atoms with E-state index < -0.39 is 0 Å². The van der Waals surface area contributed by atoms with Crippen LogP contribution in [0.3, 0.4) is 0 Å². The van der Waals surface area contributed by atoms with Gasteiger partial charge in [0.2, 0.25) is 5.91 Å². The van der Waals surface area contributed by atoms with Gasteiger partial charge in [-0.3, -0.25) is 4.79 Å². The van der Waals surface area contributed by atoms with Crippen LogP contribution in [0.5, 0.6) is 0 Å². The molecule has 1 heterocycles. The number of amides is 1. The summed E-state index contributed by atoms with van der Waals surface area (Å²) in [6.45, 7) is 3.11. The maximum absolute atomic E-state index is 11.8. The Morgan fingerprint density at radius 2 is 2.29 bits per heavy atom. The average molecular weight is 232 g/mol. The lowest BCUT2D eigenvalue weighted by atomic mass is 10.1. The molecule has 2 rings (SSSR count). The van der Waals surface area contributed by atoms with Gasteiger partial charge in [0.05, 0.1) is 0 Å². The first kappa shape index (κ1) is 12.1. The van der Waals surface area contributed by atoms with Crippen LogP contribution in [-0.2, 0) is 4.79 Å². The lowest BCUT2D eigenvalue weighted by Gasteiger charge is -2.11. The van der Waals surface area contributed by atoms with E-state index >= 15 is 0 Å². The minimum Gasteiger partial charge on any atom is -0.326 e. The quantitative estimate of drug-likeness (QED) is 0.837. The predicted octanol–water partition coefficient (Wildman–Crippen LogP) is 2.47. The Kier molecular flexibility index (Phi) is 4.15. The molecule has 1 unspecified atom stereocenters. The van der Waals surface area contributed by atoms with Gasteiger partial charge in [-0.2, -0.15) is 0 Å². The number of hydrogen-bond acceptors (Lipinski definition) is 2. The molecular formula is C14H20N2O. The SMILES string of the molecule is Cc1ccccc1NC(=O)CCC1CCCN1. The molecule has 1 aromatic rings. The monoisotopic (exact) mass is 232 g/mol. The van der Waals surface area contributed by atoms with Crippen molar-refractivity contribution in [3.8, 4) is 0 Å². The van der Waals surface area contributed by atoms with Crippen molar-refractivity contribution in [2.24, 2.45) is 0 Å². The summed E-state index contributed by atoms with van der Waals surface area (Å²) >= 11 is 0. The van der Waals surface area contributed by atoms with E-state index in [1.165, 1.54) is 12.8 Å². The normalized spacial score (nSPS) is 19.2. The Hall–Kier alpha value is -1.35. The molecule has 3 heteroatoms. The topological polar surface area (TPSA) is 41.1 Å². The first-order chi connectivity index (χ1) is 8.25. The van der Waals surface area contributed by atoms with Crippen LogP contribution in [0.4, 0.5) is 5.69 Å². The van der Waals surface area contributed by atoms with E-state index in [9.17, 15) is 4.79 Å². The third-order valence-corrected chi connectivity index (χ3v) is 3.30. The van der Waals surface area contributed by atoms with Crippen LogP contribution in [0.25, 0.3) is 0 Å². The molecule has 0 radical (unpaired) electrons. The largest absolute Gasteiger partial charge is 0.326 e. The van der Waals surface area contributed by atoms with Crippen molar-refractivity contribution >= 4 is 11.6 Å². The van der Waals surface area contributed by atoms with Gasteiger partial charge in [-0.25, -0.2) is 0 Å². The lowest BCUT2D eigenvalue weighted by Crippen LogP contribution is -2.23. The average Bonchev–Trinajstić information content (AvgIpc) is 2.82. The molecule has 0 saturated carbocycles. The number of para-hydroxylation sites is 1. The summed E-state index contributed by atoms with van der Waals surface area (Å²) in [6, 6.07) is 8.42. The highest BCUT2D eigenvalue weighted by Crippen LogP contribution is 2.15. The Bertz CT molecular complexity index is 384. The molecule has 0 bridgehead atoms. The van der Waals surface area contributed by atoms with E-state index in [1.54, 1.807) is 0 Å². The van der Waals surface area contributed by atoms with Crippen LogP contribution >= 0.6 is 0 Å². The van der Waals surface area contributed by atoms with Crippen LogP contribution in [0, 0.1) is 6.92 Å². The van der Waals surface area contributed by atoms with Crippen LogP contribution in [0.2, 0.25) is 0 Å². The van der Waals surface area contributed by atoms with Crippen LogP contribution in [-0.4, -0.2) is 18.5 Å². The second kappa shape index (κ2) is 5.82. The summed E-state index contributed by atoms with van der Waals surface area (Å²) in [5.41, 5.74) is 2.04. The molecule has 0 aromatic heterocycles. The molecule has 2 N–H and O–H groups in total. The summed E-state index contributed by atoms with van der Waals surface area (Å²) < 4.78 is 0. The smallest absolute Gasteiger partial charge is 0.224 e. The van der Waals surface area contributed by atoms with E-state index in [0.29, 0.717) is 12.5 Å². The molecule has 0 spiro atoms. The number of hydrogen-bond donors (Lipinski definition) is 2. The summed E-state index contributed by atoms with van der Waals surface area (Å²) in [7, 11) is 0.